The largest absolute Gasteiger partial charge is 0.508 e. The zero-order valence-electron chi connectivity index (χ0n) is 14.3. The molecule has 0 aliphatic rings. The van der Waals surface area contributed by atoms with Crippen LogP contribution in [0, 0.1) is 0 Å². The van der Waals surface area contributed by atoms with Crippen LogP contribution in [0.2, 0.25) is 0 Å². The van der Waals surface area contributed by atoms with E-state index in [-0.39, 0.29) is 11.5 Å². The lowest BCUT2D eigenvalue weighted by atomic mass is 10.0. The van der Waals surface area contributed by atoms with E-state index in [1.54, 1.807) is 24.3 Å². The summed E-state index contributed by atoms with van der Waals surface area (Å²) in [5, 5.41) is 9.86. The fourth-order valence-electron chi connectivity index (χ4n) is 2.66. The molecule has 0 unspecified atom stereocenters. The molecule has 5 nitrogen and oxygen atoms in total. The molecule has 2 aromatic carbocycles. The lowest BCUT2D eigenvalue weighted by molar-refractivity contribution is 0.433. The van der Waals surface area contributed by atoms with Gasteiger partial charge in [0, 0.05) is 6.07 Å². The van der Waals surface area contributed by atoms with Crippen molar-refractivity contribution in [2.45, 2.75) is 50.3 Å². The number of benzene rings is 2. The van der Waals surface area contributed by atoms with Gasteiger partial charge >= 0.3 is 0 Å². The number of rotatable bonds is 9. The summed E-state index contributed by atoms with van der Waals surface area (Å²) in [5.41, 5.74) is 0.563. The normalized spacial score (nSPS) is 11.4. The number of ether oxygens (including phenoxy) is 1. The second-order valence-corrected chi connectivity index (χ2v) is 7.38. The predicted molar refractivity (Wildman–Crippen MR) is 96.9 cm³/mol. The molecule has 0 bridgehead atoms. The summed E-state index contributed by atoms with van der Waals surface area (Å²) in [6, 6.07) is 11.3. The molecule has 0 radical (unpaired) electrons. The van der Waals surface area contributed by atoms with Gasteiger partial charge in [0.1, 0.15) is 16.4 Å². The summed E-state index contributed by atoms with van der Waals surface area (Å²) in [7, 11) is -4.52. The first-order valence-corrected chi connectivity index (χ1v) is 9.92. The minimum atomic E-state index is -4.52. The Kier molecular flexibility index (Phi) is 6.84. The van der Waals surface area contributed by atoms with E-state index in [0.717, 1.165) is 38.2 Å². The molecule has 0 spiro atoms. The van der Waals surface area contributed by atoms with E-state index in [0.29, 0.717) is 17.7 Å². The van der Waals surface area contributed by atoms with E-state index >= 15 is 0 Å². The molecular formula is C19H24O5S. The number of hydrogen-bond donors (Lipinski definition) is 2. The maximum absolute atomic E-state index is 11.7. The van der Waals surface area contributed by atoms with E-state index in [1.165, 1.54) is 6.07 Å². The second-order valence-electron chi connectivity index (χ2n) is 5.99. The molecule has 0 saturated carbocycles. The maximum atomic E-state index is 11.7. The van der Waals surface area contributed by atoms with Crippen molar-refractivity contribution in [3.05, 3.63) is 48.0 Å². The van der Waals surface area contributed by atoms with Gasteiger partial charge in [-0.15, -0.1) is 0 Å². The zero-order valence-corrected chi connectivity index (χ0v) is 15.1. The van der Waals surface area contributed by atoms with Crippen LogP contribution in [0.25, 0.3) is 0 Å². The summed E-state index contributed by atoms with van der Waals surface area (Å²) in [6.45, 7) is 2.14. The third-order valence-corrected chi connectivity index (χ3v) is 4.77. The van der Waals surface area contributed by atoms with Gasteiger partial charge in [0.05, 0.1) is 0 Å². The third-order valence-electron chi connectivity index (χ3n) is 3.91. The number of aromatic hydroxyl groups is 1. The summed E-state index contributed by atoms with van der Waals surface area (Å²) >= 11 is 0. The molecule has 0 fully saturated rings. The fourth-order valence-corrected chi connectivity index (χ4v) is 3.34. The van der Waals surface area contributed by atoms with E-state index in [2.05, 4.69) is 6.92 Å². The monoisotopic (exact) mass is 364 g/mol. The van der Waals surface area contributed by atoms with Crippen LogP contribution in [0.15, 0.2) is 47.4 Å². The van der Waals surface area contributed by atoms with E-state index in [1.807, 2.05) is 6.07 Å². The molecule has 6 heteroatoms. The lowest BCUT2D eigenvalue weighted by Crippen LogP contribution is -2.04. The molecule has 2 N–H and O–H groups in total. The topological polar surface area (TPSA) is 83.8 Å². The Hall–Kier alpha value is -2.05. The fraction of sp³-hybridized carbons (Fsp3) is 0.368. The van der Waals surface area contributed by atoms with Crippen molar-refractivity contribution in [1.82, 2.24) is 0 Å². The third kappa shape index (κ3) is 5.76. The van der Waals surface area contributed by atoms with Crippen LogP contribution in [0.3, 0.4) is 0 Å². The number of unbranched alkanes of at least 4 members (excludes halogenated alkanes) is 4. The average molecular weight is 364 g/mol. The Bertz CT molecular complexity index is 785. The zero-order chi connectivity index (χ0) is 18.3. The van der Waals surface area contributed by atoms with Gasteiger partial charge in [-0.05, 0) is 36.6 Å². The van der Waals surface area contributed by atoms with Crippen molar-refractivity contribution >= 4 is 10.1 Å². The second kappa shape index (κ2) is 8.87. The van der Waals surface area contributed by atoms with Crippen molar-refractivity contribution in [1.29, 1.82) is 0 Å². The molecule has 0 atom stereocenters. The Morgan fingerprint density at radius 2 is 1.68 bits per heavy atom. The van der Waals surface area contributed by atoms with Crippen molar-refractivity contribution in [3.8, 4) is 17.2 Å². The van der Waals surface area contributed by atoms with Crippen LogP contribution in [-0.2, 0) is 16.5 Å². The highest BCUT2D eigenvalue weighted by Crippen LogP contribution is 2.36. The van der Waals surface area contributed by atoms with Crippen LogP contribution in [-0.4, -0.2) is 18.1 Å². The molecule has 0 heterocycles. The molecule has 2 rings (SSSR count). The first-order chi connectivity index (χ1) is 11.9. The predicted octanol–water partition coefficient (Wildman–Crippen LogP) is 4.94. The van der Waals surface area contributed by atoms with Gasteiger partial charge in [-0.25, -0.2) is 0 Å². The highest BCUT2D eigenvalue weighted by molar-refractivity contribution is 7.86. The molecule has 0 aliphatic carbocycles. The van der Waals surface area contributed by atoms with E-state index in [4.69, 9.17) is 4.74 Å². The van der Waals surface area contributed by atoms with Gasteiger partial charge in [0.15, 0.2) is 5.75 Å². The minimum absolute atomic E-state index is 0.0713. The van der Waals surface area contributed by atoms with Crippen LogP contribution in [0.5, 0.6) is 17.2 Å². The number of aryl methyl sites for hydroxylation is 1. The van der Waals surface area contributed by atoms with Gasteiger partial charge in [-0.3, -0.25) is 4.55 Å². The van der Waals surface area contributed by atoms with Gasteiger partial charge in [0.2, 0.25) is 0 Å². The molecule has 0 saturated heterocycles. The van der Waals surface area contributed by atoms with Crippen LogP contribution in [0.4, 0.5) is 0 Å². The summed E-state index contributed by atoms with van der Waals surface area (Å²) in [5.74, 6) is 0.323. The molecule has 136 valence electrons. The summed E-state index contributed by atoms with van der Waals surface area (Å²) in [6.07, 6.45) is 5.82. The van der Waals surface area contributed by atoms with Gasteiger partial charge in [0.25, 0.3) is 10.1 Å². The SMILES string of the molecule is CCCCCCCc1cc(O)cc(S(=O)(=O)O)c1Oc1ccccc1. The Morgan fingerprint density at radius 1 is 1.00 bits per heavy atom. The summed E-state index contributed by atoms with van der Waals surface area (Å²) in [4.78, 5) is -0.417. The van der Waals surface area contributed by atoms with Crippen LogP contribution in [0.1, 0.15) is 44.6 Å². The average Bonchev–Trinajstić information content (AvgIpc) is 2.56. The minimum Gasteiger partial charge on any atom is -0.508 e. The number of para-hydroxylation sites is 1. The van der Waals surface area contributed by atoms with Crippen molar-refractivity contribution in [2.75, 3.05) is 0 Å². The number of phenolic OH excluding ortho intramolecular Hbond substituents is 1. The highest BCUT2D eigenvalue weighted by atomic mass is 32.2. The number of hydrogen-bond acceptors (Lipinski definition) is 4. The van der Waals surface area contributed by atoms with Crippen LogP contribution < -0.4 is 4.74 Å². The van der Waals surface area contributed by atoms with Gasteiger partial charge in [-0.1, -0.05) is 50.8 Å². The van der Waals surface area contributed by atoms with Gasteiger partial charge < -0.3 is 9.84 Å². The molecule has 2 aromatic rings. The Morgan fingerprint density at radius 3 is 2.32 bits per heavy atom. The lowest BCUT2D eigenvalue weighted by Gasteiger charge is -2.15. The molecule has 0 amide bonds. The maximum Gasteiger partial charge on any atom is 0.298 e. The van der Waals surface area contributed by atoms with E-state index in [9.17, 15) is 18.1 Å². The molecule has 25 heavy (non-hydrogen) atoms. The summed E-state index contributed by atoms with van der Waals surface area (Å²) < 4.78 is 38.7. The van der Waals surface area contributed by atoms with Crippen LogP contribution >= 0.6 is 0 Å². The first-order valence-electron chi connectivity index (χ1n) is 8.48. The molecular weight excluding hydrogens is 340 g/mol. The number of phenols is 1. The van der Waals surface area contributed by atoms with Crippen molar-refractivity contribution in [2.24, 2.45) is 0 Å². The molecule has 0 aliphatic heterocycles. The quantitative estimate of drug-likeness (QED) is 0.486. The van der Waals surface area contributed by atoms with E-state index < -0.39 is 15.0 Å². The first kappa shape index (κ1) is 19.3. The van der Waals surface area contributed by atoms with Crippen molar-refractivity contribution < 1.29 is 22.8 Å². The Labute approximate surface area is 149 Å². The smallest absolute Gasteiger partial charge is 0.298 e. The molecule has 0 aromatic heterocycles. The van der Waals surface area contributed by atoms with Gasteiger partial charge in [-0.2, -0.15) is 8.42 Å². The Balaban J connectivity index is 2.34. The van der Waals surface area contributed by atoms with Crippen molar-refractivity contribution in [3.63, 3.8) is 0 Å². The standard InChI is InChI=1S/C19H24O5S/c1-2-3-4-5-7-10-15-13-16(20)14-18(25(21,22)23)19(15)24-17-11-8-6-9-12-17/h6,8-9,11-14,20H,2-5,7,10H2,1H3,(H,21,22,23). The highest BCUT2D eigenvalue weighted by Gasteiger charge is 2.22.